The van der Waals surface area contributed by atoms with E-state index in [-0.39, 0.29) is 40.8 Å². The number of fused-ring (bicyclic) bond motifs is 1. The van der Waals surface area contributed by atoms with Gasteiger partial charge in [0.1, 0.15) is 5.60 Å². The molecule has 4 rings (SSSR count). The molecule has 0 atom stereocenters. The Morgan fingerprint density at radius 2 is 1.61 bits per heavy atom. The SMILES string of the molecule is COC(=O)c1cc(-c2cc3cc(CN4CCN(C(=O)OC(C)(C)C)CC4)ccc3n2C=O)c(=O)n(SF)c1.COC(C)(C)C. The maximum atomic E-state index is 13.5. The van der Waals surface area contributed by atoms with Gasteiger partial charge in [-0.05, 0) is 71.4 Å². The molecule has 1 saturated heterocycles. The number of halogens is 1. The average Bonchev–Trinajstić information content (AvgIpc) is 3.33. The standard InChI is InChI=1S/C26H29FN4O6S.C5H12O/c1-26(2,3)37-25(35)29-9-7-28(8-10-29)14-17-5-6-21-18(11-17)13-22(30(21)16-32)20-12-19(24(34)36-4)15-31(38-27)23(20)33;1-5(2,3)6-4/h5-6,11-13,15-16H,7-10,14H2,1-4H3;1-4H3. The summed E-state index contributed by atoms with van der Waals surface area (Å²) in [6, 6.07) is 8.56. The molecule has 0 radical (unpaired) electrons. The first-order chi connectivity index (χ1) is 20.6. The van der Waals surface area contributed by atoms with Gasteiger partial charge in [0.05, 0.1) is 35.0 Å². The number of rotatable bonds is 6. The van der Waals surface area contributed by atoms with Crippen LogP contribution < -0.4 is 5.56 Å². The molecule has 1 aliphatic heterocycles. The number of carbonyl (C=O) groups is 3. The van der Waals surface area contributed by atoms with Gasteiger partial charge in [-0.3, -0.25) is 19.1 Å². The van der Waals surface area contributed by atoms with E-state index in [4.69, 9.17) is 14.2 Å². The number of carbonyl (C=O) groups excluding carboxylic acids is 3. The summed E-state index contributed by atoms with van der Waals surface area (Å²) in [7, 11) is 2.89. The molecule has 0 bridgehead atoms. The molecule has 0 spiro atoms. The average molecular weight is 633 g/mol. The molecular formula is C31H41FN4O7S. The van der Waals surface area contributed by atoms with E-state index in [9.17, 15) is 23.1 Å². The van der Waals surface area contributed by atoms with Gasteiger partial charge in [-0.15, -0.1) is 3.89 Å². The number of nitrogens with zero attached hydrogens (tertiary/aromatic N) is 4. The zero-order valence-corrected chi connectivity index (χ0v) is 27.3. The number of aromatic nitrogens is 2. The molecule has 44 heavy (non-hydrogen) atoms. The van der Waals surface area contributed by atoms with Gasteiger partial charge in [0, 0.05) is 51.4 Å². The van der Waals surface area contributed by atoms with E-state index in [1.165, 1.54) is 17.7 Å². The van der Waals surface area contributed by atoms with E-state index in [1.54, 1.807) is 24.1 Å². The molecule has 1 amide bonds. The van der Waals surface area contributed by atoms with Crippen molar-refractivity contribution in [2.45, 2.75) is 59.3 Å². The molecule has 0 saturated carbocycles. The van der Waals surface area contributed by atoms with E-state index in [0.29, 0.717) is 54.0 Å². The Balaban J connectivity index is 0.000000801. The van der Waals surface area contributed by atoms with Crippen LogP contribution in [0.25, 0.3) is 22.2 Å². The number of ether oxygens (including phenoxy) is 3. The predicted molar refractivity (Wildman–Crippen MR) is 169 cm³/mol. The van der Waals surface area contributed by atoms with Crippen LogP contribution in [0.4, 0.5) is 8.68 Å². The fourth-order valence-electron chi connectivity index (χ4n) is 4.40. The minimum absolute atomic E-state index is 0.0128. The van der Waals surface area contributed by atoms with Crippen molar-refractivity contribution in [2.75, 3.05) is 40.4 Å². The Hall–Kier alpha value is -3.68. The molecule has 0 aliphatic carbocycles. The Morgan fingerprint density at radius 3 is 2.14 bits per heavy atom. The minimum atomic E-state index is -0.739. The summed E-state index contributed by atoms with van der Waals surface area (Å²) < 4.78 is 30.5. The van der Waals surface area contributed by atoms with Crippen molar-refractivity contribution in [3.8, 4) is 11.3 Å². The van der Waals surface area contributed by atoms with Crippen molar-refractivity contribution in [1.82, 2.24) is 18.3 Å². The van der Waals surface area contributed by atoms with Crippen molar-refractivity contribution in [3.05, 3.63) is 58.0 Å². The van der Waals surface area contributed by atoms with Gasteiger partial charge in [0.2, 0.25) is 6.41 Å². The summed E-state index contributed by atoms with van der Waals surface area (Å²) in [5.74, 6) is -0.739. The highest BCUT2D eigenvalue weighted by Crippen LogP contribution is 2.28. The molecule has 0 N–H and O–H groups in total. The number of piperazine rings is 1. The highest BCUT2D eigenvalue weighted by molar-refractivity contribution is 7.92. The molecule has 13 heteroatoms. The normalized spacial score (nSPS) is 14.2. The summed E-state index contributed by atoms with van der Waals surface area (Å²) in [5, 5.41) is 0.708. The molecule has 1 fully saturated rings. The van der Waals surface area contributed by atoms with E-state index < -0.39 is 17.1 Å². The first kappa shape index (κ1) is 34.8. The molecule has 3 heterocycles. The van der Waals surface area contributed by atoms with Crippen molar-refractivity contribution >= 4 is 41.7 Å². The van der Waals surface area contributed by atoms with Gasteiger partial charge in [-0.1, -0.05) is 6.07 Å². The first-order valence-electron chi connectivity index (χ1n) is 14.1. The number of hydrogen-bond donors (Lipinski definition) is 0. The van der Waals surface area contributed by atoms with Gasteiger partial charge in [-0.25, -0.2) is 13.6 Å². The third-order valence-electron chi connectivity index (χ3n) is 6.81. The molecule has 1 aromatic carbocycles. The minimum Gasteiger partial charge on any atom is -0.465 e. The second-order valence-electron chi connectivity index (χ2n) is 12.3. The first-order valence-corrected chi connectivity index (χ1v) is 14.8. The van der Waals surface area contributed by atoms with Crippen LogP contribution in [0.3, 0.4) is 0 Å². The van der Waals surface area contributed by atoms with Crippen LogP contribution in [0.2, 0.25) is 0 Å². The molecule has 3 aromatic rings. The lowest BCUT2D eigenvalue weighted by molar-refractivity contribution is 0.0138. The summed E-state index contributed by atoms with van der Waals surface area (Å²) in [6.45, 7) is 14.7. The fraction of sp³-hybridized carbons (Fsp3) is 0.484. The summed E-state index contributed by atoms with van der Waals surface area (Å²) in [5.41, 5.74) is 0.533. The van der Waals surface area contributed by atoms with Crippen LogP contribution in [0.5, 0.6) is 0 Å². The fourth-order valence-corrected chi connectivity index (χ4v) is 4.72. The lowest BCUT2D eigenvalue weighted by Crippen LogP contribution is -2.49. The molecule has 2 aromatic heterocycles. The van der Waals surface area contributed by atoms with Gasteiger partial charge in [0.15, 0.2) is 12.3 Å². The molecule has 0 unspecified atom stereocenters. The van der Waals surface area contributed by atoms with Crippen molar-refractivity contribution in [3.63, 3.8) is 0 Å². The predicted octanol–water partition coefficient (Wildman–Crippen LogP) is 5.16. The van der Waals surface area contributed by atoms with E-state index >= 15 is 0 Å². The second kappa shape index (κ2) is 14.4. The van der Waals surface area contributed by atoms with Crippen molar-refractivity contribution in [2.24, 2.45) is 0 Å². The van der Waals surface area contributed by atoms with Crippen molar-refractivity contribution in [1.29, 1.82) is 0 Å². The number of hydrogen-bond acceptors (Lipinski definition) is 9. The van der Waals surface area contributed by atoms with E-state index in [2.05, 4.69) is 4.90 Å². The Morgan fingerprint density at radius 1 is 0.977 bits per heavy atom. The number of esters is 1. The van der Waals surface area contributed by atoms with Crippen LogP contribution in [-0.4, -0.2) is 88.4 Å². The number of benzene rings is 1. The number of methoxy groups -OCH3 is 2. The Kier molecular flexibility index (Phi) is 11.4. The maximum Gasteiger partial charge on any atom is 0.410 e. The monoisotopic (exact) mass is 632 g/mol. The zero-order chi connectivity index (χ0) is 32.8. The van der Waals surface area contributed by atoms with Crippen molar-refractivity contribution < 1.29 is 32.5 Å². The van der Waals surface area contributed by atoms with E-state index in [1.807, 2.05) is 53.7 Å². The smallest absolute Gasteiger partial charge is 0.410 e. The molecular weight excluding hydrogens is 591 g/mol. The molecule has 11 nitrogen and oxygen atoms in total. The van der Waals surface area contributed by atoms with Crippen LogP contribution in [-0.2, 0) is 25.5 Å². The molecule has 240 valence electrons. The molecule has 1 aliphatic rings. The Labute approximate surface area is 261 Å². The van der Waals surface area contributed by atoms with Crippen LogP contribution in [0, 0.1) is 0 Å². The van der Waals surface area contributed by atoms with Gasteiger partial charge < -0.3 is 19.1 Å². The van der Waals surface area contributed by atoms with Crippen LogP contribution in [0.15, 0.2) is 41.3 Å². The van der Waals surface area contributed by atoms with Gasteiger partial charge in [-0.2, -0.15) is 0 Å². The maximum absolute atomic E-state index is 13.5. The quantitative estimate of drug-likeness (QED) is 0.269. The van der Waals surface area contributed by atoms with Gasteiger partial charge >= 0.3 is 12.1 Å². The second-order valence-corrected chi connectivity index (χ2v) is 12.8. The zero-order valence-electron chi connectivity index (χ0n) is 26.5. The van der Waals surface area contributed by atoms with Gasteiger partial charge in [0.25, 0.3) is 5.56 Å². The van der Waals surface area contributed by atoms with Crippen LogP contribution in [0.1, 0.15) is 57.5 Å². The largest absolute Gasteiger partial charge is 0.465 e. The summed E-state index contributed by atoms with van der Waals surface area (Å²) >= 11 is -0.346. The topological polar surface area (TPSA) is 112 Å². The lowest BCUT2D eigenvalue weighted by Gasteiger charge is -2.35. The third kappa shape index (κ3) is 8.93. The Bertz CT molecular complexity index is 1550. The lowest BCUT2D eigenvalue weighted by atomic mass is 10.1. The highest BCUT2D eigenvalue weighted by atomic mass is 32.2. The summed E-state index contributed by atoms with van der Waals surface area (Å²) in [4.78, 5) is 53.2. The van der Waals surface area contributed by atoms with Crippen LogP contribution >= 0.6 is 12.3 Å². The summed E-state index contributed by atoms with van der Waals surface area (Å²) in [6.07, 6.45) is 1.31. The highest BCUT2D eigenvalue weighted by Gasteiger charge is 2.26. The van der Waals surface area contributed by atoms with E-state index in [0.717, 1.165) is 11.8 Å². The third-order valence-corrected chi connectivity index (χ3v) is 7.23. The number of pyridine rings is 1. The number of amides is 1.